The summed E-state index contributed by atoms with van der Waals surface area (Å²) >= 11 is 3.76. The largest absolute Gasteiger partial charge is 0.423 e. The molecule has 0 unspecified atom stereocenters. The molecule has 0 atom stereocenters. The summed E-state index contributed by atoms with van der Waals surface area (Å²) in [6, 6.07) is 29.8. The van der Waals surface area contributed by atoms with Gasteiger partial charge in [0.15, 0.2) is 8.07 Å². The highest BCUT2D eigenvalue weighted by molar-refractivity contribution is 8.01. The summed E-state index contributed by atoms with van der Waals surface area (Å²) in [5, 5.41) is 6.90. The molecule has 11 rings (SSSR count). The fourth-order valence-corrected chi connectivity index (χ4v) is 18.1. The number of aromatic nitrogens is 1. The van der Waals surface area contributed by atoms with Gasteiger partial charge in [-0.3, -0.25) is 0 Å². The Bertz CT molecular complexity index is 2300. The standard InChI is InChI=1S/C39H29B4N5S2Si/c1-3-16-34-32(14-1)49-33-15-2-4-17-35(33)51(34)36-18-11-13-31(38(36)50-39-37(51)19-12-24-44-39)30-20-28-48-42-23-6-9-26-46(42)40-21-5-8-25-45(40)41-22-7-10-27-47(41)43(48)29-30/h1-29H. The quantitative estimate of drug-likeness (QED) is 0.226. The molecule has 1 spiro atoms. The number of nitrogens with zero attached hydrogens (tertiary/aromatic N) is 5. The Morgan fingerprint density at radius 1 is 0.510 bits per heavy atom. The smallest absolute Gasteiger partial charge is 0.381 e. The van der Waals surface area contributed by atoms with E-state index in [1.807, 2.05) is 29.7 Å². The van der Waals surface area contributed by atoms with E-state index in [-0.39, 0.29) is 27.9 Å². The Morgan fingerprint density at radius 3 is 1.75 bits per heavy atom. The zero-order valence-electron chi connectivity index (χ0n) is 27.6. The molecule has 0 radical (unpaired) electrons. The highest BCUT2D eigenvalue weighted by Crippen LogP contribution is 2.42. The highest BCUT2D eigenvalue weighted by Gasteiger charge is 2.53. The van der Waals surface area contributed by atoms with Crippen molar-refractivity contribution in [2.75, 3.05) is 0 Å². The van der Waals surface area contributed by atoms with Crippen molar-refractivity contribution in [1.82, 2.24) is 23.9 Å². The molecule has 12 heteroatoms. The van der Waals surface area contributed by atoms with Gasteiger partial charge in [-0.1, -0.05) is 126 Å². The molecule has 4 aromatic rings. The van der Waals surface area contributed by atoms with E-state index in [2.05, 4.69) is 189 Å². The van der Waals surface area contributed by atoms with E-state index in [0.717, 1.165) is 5.03 Å². The lowest BCUT2D eigenvalue weighted by Crippen LogP contribution is -2.78. The van der Waals surface area contributed by atoms with Gasteiger partial charge in [0.25, 0.3) is 0 Å². The summed E-state index contributed by atoms with van der Waals surface area (Å²) < 4.78 is 9.94. The molecular formula is C39H29B4N5S2Si. The Labute approximate surface area is 309 Å². The maximum absolute atomic E-state index is 5.11. The second-order valence-corrected chi connectivity index (χ2v) is 19.3. The number of allylic oxidation sites excluding steroid dienone is 8. The van der Waals surface area contributed by atoms with Crippen LogP contribution in [0.3, 0.4) is 0 Å². The van der Waals surface area contributed by atoms with Crippen LogP contribution in [0.2, 0.25) is 0 Å². The third-order valence-corrected chi connectivity index (χ3v) is 19.0. The first-order valence-corrected chi connectivity index (χ1v) is 21.1. The Balaban J connectivity index is 1.12. The average Bonchev–Trinajstić information content (AvgIpc) is 3.20. The molecule has 1 fully saturated rings. The van der Waals surface area contributed by atoms with Gasteiger partial charge >= 0.3 is 27.9 Å². The van der Waals surface area contributed by atoms with Crippen molar-refractivity contribution in [3.63, 3.8) is 0 Å². The van der Waals surface area contributed by atoms with E-state index in [9.17, 15) is 0 Å². The predicted molar refractivity (Wildman–Crippen MR) is 218 cm³/mol. The minimum atomic E-state index is -2.71. The van der Waals surface area contributed by atoms with Gasteiger partial charge in [0.2, 0.25) is 0 Å². The molecule has 3 aromatic carbocycles. The van der Waals surface area contributed by atoms with Crippen LogP contribution in [0, 0.1) is 0 Å². The Kier molecular flexibility index (Phi) is 6.76. The van der Waals surface area contributed by atoms with Gasteiger partial charge in [-0.2, -0.15) is 0 Å². The summed E-state index contributed by atoms with van der Waals surface area (Å²) in [7, 11) is -2.71. The van der Waals surface area contributed by atoms with E-state index in [1.54, 1.807) is 0 Å². The summed E-state index contributed by atoms with van der Waals surface area (Å²) in [4.78, 5) is 9.16. The van der Waals surface area contributed by atoms with Gasteiger partial charge < -0.3 is 18.9 Å². The number of hydrogen-bond donors (Lipinski definition) is 0. The summed E-state index contributed by atoms with van der Waals surface area (Å²) in [6.45, 7) is 0.178. The van der Waals surface area contributed by atoms with E-state index in [1.165, 1.54) is 46.6 Å². The van der Waals surface area contributed by atoms with Crippen molar-refractivity contribution in [2.24, 2.45) is 0 Å². The predicted octanol–water partition coefficient (Wildman–Crippen LogP) is 4.88. The average molecular weight is 703 g/mol. The van der Waals surface area contributed by atoms with Crippen LogP contribution < -0.4 is 20.7 Å². The van der Waals surface area contributed by atoms with Gasteiger partial charge in [0.1, 0.15) is 5.03 Å². The van der Waals surface area contributed by atoms with Crippen LogP contribution in [0.4, 0.5) is 0 Å². The summed E-state index contributed by atoms with van der Waals surface area (Å²) in [5.41, 5.74) is 2.51. The van der Waals surface area contributed by atoms with Gasteiger partial charge in [0.05, 0.1) is 0 Å². The number of hydrogen-bond acceptors (Lipinski definition) is 7. The van der Waals surface area contributed by atoms with Gasteiger partial charge in [-0.05, 0) is 99.2 Å². The molecule has 51 heavy (non-hydrogen) atoms. The van der Waals surface area contributed by atoms with Gasteiger partial charge in [-0.15, -0.1) is 0 Å². The van der Waals surface area contributed by atoms with Crippen molar-refractivity contribution in [1.29, 1.82) is 0 Å². The first kappa shape index (κ1) is 29.8. The lowest BCUT2D eigenvalue weighted by Gasteiger charge is -2.53. The minimum absolute atomic E-state index is 0.0197. The second-order valence-electron chi connectivity index (χ2n) is 13.5. The molecule has 7 aliphatic heterocycles. The van der Waals surface area contributed by atoms with Crippen LogP contribution in [0.15, 0.2) is 196 Å². The van der Waals surface area contributed by atoms with Crippen molar-refractivity contribution in [3.8, 4) is 0 Å². The molecule has 1 saturated heterocycles. The monoisotopic (exact) mass is 703 g/mol. The van der Waals surface area contributed by atoms with Crippen LogP contribution in [0.1, 0.15) is 5.56 Å². The maximum atomic E-state index is 5.11. The Hall–Kier alpha value is -4.89. The molecule has 7 aliphatic rings. The van der Waals surface area contributed by atoms with Gasteiger partial charge in [-0.25, -0.2) is 4.98 Å². The molecule has 1 aromatic heterocycles. The van der Waals surface area contributed by atoms with Crippen LogP contribution in [-0.2, 0) is 0 Å². The normalized spacial score (nSPS) is 19.4. The minimum Gasteiger partial charge on any atom is -0.423 e. The molecule has 238 valence electrons. The SMILES string of the molecule is C1=CB2N(C=C1)B1C=CC=CN1B1C=C(c3cccc4c3Sc3ncccc3[Si]43c4ccccc4Sc4ccccc43)C=CN1B1C=CC=CN21. The van der Waals surface area contributed by atoms with Crippen molar-refractivity contribution >= 4 is 85.8 Å². The molecule has 8 heterocycles. The van der Waals surface area contributed by atoms with E-state index < -0.39 is 8.07 Å². The molecule has 5 nitrogen and oxygen atoms in total. The molecule has 0 aliphatic carbocycles. The van der Waals surface area contributed by atoms with E-state index >= 15 is 0 Å². The van der Waals surface area contributed by atoms with Crippen LogP contribution >= 0.6 is 23.5 Å². The summed E-state index contributed by atoms with van der Waals surface area (Å²) in [6.07, 6.45) is 26.4. The zero-order valence-corrected chi connectivity index (χ0v) is 30.2. The van der Waals surface area contributed by atoms with Gasteiger partial charge in [0, 0.05) is 20.9 Å². The lowest BCUT2D eigenvalue weighted by atomic mass is 9.41. The Morgan fingerprint density at radius 2 is 1.08 bits per heavy atom. The number of benzene rings is 3. The third-order valence-electron chi connectivity index (χ3n) is 11.1. The molecule has 0 saturated carbocycles. The van der Waals surface area contributed by atoms with E-state index in [0.29, 0.717) is 0 Å². The molecule has 0 bridgehead atoms. The van der Waals surface area contributed by atoms with Crippen LogP contribution in [0.25, 0.3) is 5.57 Å². The molecule has 0 N–H and O–H groups in total. The zero-order chi connectivity index (χ0) is 33.5. The summed E-state index contributed by atoms with van der Waals surface area (Å²) in [5.74, 6) is 9.42. The van der Waals surface area contributed by atoms with Crippen molar-refractivity contribution in [3.05, 3.63) is 182 Å². The van der Waals surface area contributed by atoms with Crippen LogP contribution in [-0.4, -0.2) is 59.9 Å². The first-order valence-electron chi connectivity index (χ1n) is 17.5. The molecule has 0 amide bonds. The maximum Gasteiger partial charge on any atom is 0.381 e. The fraction of sp³-hybridized carbons (Fsp3) is 0. The molecular weight excluding hydrogens is 674 g/mol. The highest BCUT2D eigenvalue weighted by atomic mass is 32.2. The first-order chi connectivity index (χ1) is 25.3. The van der Waals surface area contributed by atoms with Crippen molar-refractivity contribution in [2.45, 2.75) is 19.7 Å². The fourth-order valence-electron chi connectivity index (χ4n) is 8.96. The van der Waals surface area contributed by atoms with Crippen LogP contribution in [0.5, 0.6) is 0 Å². The number of fused-ring (bicyclic) bond motifs is 16. The lowest BCUT2D eigenvalue weighted by molar-refractivity contribution is 0.622. The number of rotatable bonds is 1. The van der Waals surface area contributed by atoms with Crippen molar-refractivity contribution < 1.29 is 0 Å². The topological polar surface area (TPSA) is 25.9 Å². The second kappa shape index (κ2) is 11.6. The number of pyridine rings is 1. The van der Waals surface area contributed by atoms with E-state index in [4.69, 9.17) is 4.98 Å². The third kappa shape index (κ3) is 4.27.